The third-order valence-electron chi connectivity index (χ3n) is 3.64. The number of ether oxygens (including phenoxy) is 3. The number of carbonyl (C=O) groups excluding carboxylic acids is 2. The van der Waals surface area contributed by atoms with E-state index in [9.17, 15) is 14.4 Å². The number of fused-ring (bicyclic) bond motifs is 1. The van der Waals surface area contributed by atoms with Crippen LogP contribution in [0.15, 0.2) is 45.6 Å². The molecule has 1 heterocycles. The van der Waals surface area contributed by atoms with Crippen LogP contribution < -0.4 is 10.4 Å². The Morgan fingerprint density at radius 1 is 1.04 bits per heavy atom. The van der Waals surface area contributed by atoms with Gasteiger partial charge in [0.05, 0.1) is 12.7 Å². The highest BCUT2D eigenvalue weighted by molar-refractivity contribution is 5.83. The summed E-state index contributed by atoms with van der Waals surface area (Å²) in [5.41, 5.74) is 0.338. The Hall–Kier alpha value is -3.09. The normalized spacial score (nSPS) is 12.9. The van der Waals surface area contributed by atoms with Gasteiger partial charge in [-0.2, -0.15) is 0 Å². The monoisotopic (exact) mass is 360 g/mol. The van der Waals surface area contributed by atoms with Crippen molar-refractivity contribution in [1.29, 1.82) is 0 Å². The van der Waals surface area contributed by atoms with Crippen LogP contribution in [0.1, 0.15) is 32.4 Å². The molecule has 26 heavy (non-hydrogen) atoms. The number of hydrogen-bond donors (Lipinski definition) is 0. The third-order valence-corrected chi connectivity index (χ3v) is 3.64. The lowest BCUT2D eigenvalue weighted by molar-refractivity contribution is -0.163. The number of carbonyl (C=O) groups is 2. The first-order valence-electron chi connectivity index (χ1n) is 7.85. The lowest BCUT2D eigenvalue weighted by Crippen LogP contribution is -2.29. The molecule has 0 bridgehead atoms. The molecule has 138 valence electrons. The topological polar surface area (TPSA) is 92.0 Å². The van der Waals surface area contributed by atoms with Crippen molar-refractivity contribution in [2.45, 2.75) is 33.0 Å². The minimum atomic E-state index is -1.10. The van der Waals surface area contributed by atoms with Gasteiger partial charge in [-0.15, -0.1) is 0 Å². The summed E-state index contributed by atoms with van der Waals surface area (Å²) in [5.74, 6) is -0.863. The van der Waals surface area contributed by atoms with Gasteiger partial charge in [0.15, 0.2) is 12.2 Å². The highest BCUT2D eigenvalue weighted by Gasteiger charge is 2.34. The fourth-order valence-corrected chi connectivity index (χ4v) is 2.63. The molecule has 2 atom stereocenters. The van der Waals surface area contributed by atoms with Crippen LogP contribution in [0.2, 0.25) is 0 Å². The van der Waals surface area contributed by atoms with Gasteiger partial charge in [0.25, 0.3) is 0 Å². The smallest absolute Gasteiger partial charge is 0.336 e. The predicted molar refractivity (Wildman–Crippen MR) is 93.9 cm³/mol. The molecular formula is C19H20O7. The Kier molecular flexibility index (Phi) is 5.82. The van der Waals surface area contributed by atoms with Crippen LogP contribution in [-0.2, 0) is 19.1 Å². The molecule has 0 fully saturated rings. The second-order valence-corrected chi connectivity index (χ2v) is 5.76. The fraction of sp³-hybridized carbons (Fsp3) is 0.316. The largest absolute Gasteiger partial charge is 0.496 e. The Labute approximate surface area is 150 Å². The SMILES string of the molecule is C=C(C)[C@H](OC(C)=O)[C@@H](OC(C)=O)c1c(OC)ccc2ccc(=O)oc12. The Bertz CT molecular complexity index is 910. The minimum Gasteiger partial charge on any atom is -0.496 e. The van der Waals surface area contributed by atoms with Crippen LogP contribution in [0, 0.1) is 0 Å². The van der Waals surface area contributed by atoms with E-state index in [2.05, 4.69) is 6.58 Å². The van der Waals surface area contributed by atoms with E-state index < -0.39 is 29.8 Å². The average molecular weight is 360 g/mol. The molecule has 2 aromatic rings. The summed E-state index contributed by atoms with van der Waals surface area (Å²) < 4.78 is 21.5. The molecule has 0 saturated heterocycles. The lowest BCUT2D eigenvalue weighted by atomic mass is 9.96. The Morgan fingerprint density at radius 3 is 2.19 bits per heavy atom. The van der Waals surface area contributed by atoms with Crippen molar-refractivity contribution < 1.29 is 28.2 Å². The van der Waals surface area contributed by atoms with Gasteiger partial charge in [0.2, 0.25) is 0 Å². The first-order valence-corrected chi connectivity index (χ1v) is 7.85. The van der Waals surface area contributed by atoms with Crippen molar-refractivity contribution in [3.63, 3.8) is 0 Å². The molecule has 0 saturated carbocycles. The third kappa shape index (κ3) is 4.11. The maximum Gasteiger partial charge on any atom is 0.336 e. The predicted octanol–water partition coefficient (Wildman–Crippen LogP) is 2.91. The zero-order chi connectivity index (χ0) is 19.4. The van der Waals surface area contributed by atoms with Crippen LogP contribution >= 0.6 is 0 Å². The quantitative estimate of drug-likeness (QED) is 0.444. The highest BCUT2D eigenvalue weighted by atomic mass is 16.6. The second-order valence-electron chi connectivity index (χ2n) is 5.76. The van der Waals surface area contributed by atoms with Crippen LogP contribution in [-0.4, -0.2) is 25.2 Å². The molecule has 0 aliphatic rings. The molecule has 2 rings (SSSR count). The second kappa shape index (κ2) is 7.86. The number of benzene rings is 1. The summed E-state index contributed by atoms with van der Waals surface area (Å²) in [6, 6.07) is 6.21. The van der Waals surface area contributed by atoms with Crippen LogP contribution in [0.3, 0.4) is 0 Å². The summed E-state index contributed by atoms with van der Waals surface area (Å²) in [6.45, 7) is 7.91. The van der Waals surface area contributed by atoms with E-state index in [-0.39, 0.29) is 11.1 Å². The molecule has 0 unspecified atom stereocenters. The van der Waals surface area contributed by atoms with Crippen molar-refractivity contribution in [3.8, 4) is 5.75 Å². The van der Waals surface area contributed by atoms with Crippen molar-refractivity contribution in [2.24, 2.45) is 0 Å². The molecular weight excluding hydrogens is 340 g/mol. The van der Waals surface area contributed by atoms with Gasteiger partial charge in [-0.05, 0) is 30.7 Å². The minimum absolute atomic E-state index is 0.182. The van der Waals surface area contributed by atoms with Gasteiger partial charge in [0.1, 0.15) is 11.3 Å². The van der Waals surface area contributed by atoms with E-state index in [1.807, 2.05) is 0 Å². The molecule has 1 aromatic carbocycles. The van der Waals surface area contributed by atoms with E-state index in [4.69, 9.17) is 18.6 Å². The fourth-order valence-electron chi connectivity index (χ4n) is 2.63. The number of esters is 2. The van der Waals surface area contributed by atoms with Crippen LogP contribution in [0.25, 0.3) is 11.0 Å². The van der Waals surface area contributed by atoms with Crippen molar-refractivity contribution in [3.05, 3.63) is 52.4 Å². The highest BCUT2D eigenvalue weighted by Crippen LogP contribution is 2.38. The molecule has 0 aliphatic heterocycles. The number of methoxy groups -OCH3 is 1. The average Bonchev–Trinajstić information content (AvgIpc) is 2.56. The number of hydrogen-bond acceptors (Lipinski definition) is 7. The van der Waals surface area contributed by atoms with E-state index in [1.54, 1.807) is 25.1 Å². The van der Waals surface area contributed by atoms with Gasteiger partial charge in [0, 0.05) is 25.3 Å². The van der Waals surface area contributed by atoms with Gasteiger partial charge in [-0.25, -0.2) is 4.79 Å². The molecule has 0 N–H and O–H groups in total. The standard InChI is InChI=1S/C19H20O7/c1-10(2)17(24-11(3)20)19(25-12(4)21)16-14(23-5)8-6-13-7-9-15(22)26-18(13)16/h6-9,17,19H,1H2,2-5H3/t17-,19-/m0/s1. The lowest BCUT2D eigenvalue weighted by Gasteiger charge is -2.28. The van der Waals surface area contributed by atoms with Gasteiger partial charge in [-0.1, -0.05) is 6.58 Å². The molecule has 0 amide bonds. The summed E-state index contributed by atoms with van der Waals surface area (Å²) in [5, 5.41) is 0.598. The maximum atomic E-state index is 11.7. The van der Waals surface area contributed by atoms with Crippen LogP contribution in [0.4, 0.5) is 0 Å². The molecule has 0 radical (unpaired) electrons. The summed E-state index contributed by atoms with van der Waals surface area (Å²) in [7, 11) is 1.43. The molecule has 0 aliphatic carbocycles. The van der Waals surface area contributed by atoms with Gasteiger partial charge < -0.3 is 18.6 Å². The van der Waals surface area contributed by atoms with E-state index >= 15 is 0 Å². The molecule has 0 spiro atoms. The van der Waals surface area contributed by atoms with Crippen LogP contribution in [0.5, 0.6) is 5.75 Å². The molecule has 7 nitrogen and oxygen atoms in total. The summed E-state index contributed by atoms with van der Waals surface area (Å²) in [6.07, 6.45) is -2.08. The Balaban J connectivity index is 2.79. The summed E-state index contributed by atoms with van der Waals surface area (Å²) in [4.78, 5) is 35.0. The van der Waals surface area contributed by atoms with Gasteiger partial charge in [-0.3, -0.25) is 9.59 Å². The zero-order valence-electron chi connectivity index (χ0n) is 15.0. The first kappa shape index (κ1) is 19.2. The van der Waals surface area contributed by atoms with Crippen molar-refractivity contribution in [1.82, 2.24) is 0 Å². The summed E-state index contributed by atoms with van der Waals surface area (Å²) >= 11 is 0. The van der Waals surface area contributed by atoms with E-state index in [0.717, 1.165) is 0 Å². The van der Waals surface area contributed by atoms with E-state index in [1.165, 1.54) is 27.0 Å². The zero-order valence-corrected chi connectivity index (χ0v) is 15.0. The Morgan fingerprint density at radius 2 is 1.65 bits per heavy atom. The number of rotatable bonds is 6. The molecule has 1 aromatic heterocycles. The molecule has 7 heteroatoms. The van der Waals surface area contributed by atoms with Gasteiger partial charge >= 0.3 is 17.6 Å². The van der Waals surface area contributed by atoms with Crippen molar-refractivity contribution in [2.75, 3.05) is 7.11 Å². The van der Waals surface area contributed by atoms with E-state index in [0.29, 0.717) is 16.7 Å². The first-order chi connectivity index (χ1) is 12.2. The van der Waals surface area contributed by atoms with Crippen molar-refractivity contribution >= 4 is 22.9 Å². The maximum absolute atomic E-state index is 11.7.